The van der Waals surface area contributed by atoms with Gasteiger partial charge in [-0.2, -0.15) is 0 Å². The molecule has 3 heteroatoms. The topological polar surface area (TPSA) is 26.0 Å². The summed E-state index contributed by atoms with van der Waals surface area (Å²) in [6.07, 6.45) is 4.65. The lowest BCUT2D eigenvalue weighted by atomic mass is 10.2. The summed E-state index contributed by atoms with van der Waals surface area (Å²) >= 11 is 7.68. The van der Waals surface area contributed by atoms with Crippen molar-refractivity contribution in [2.24, 2.45) is 5.73 Å². The van der Waals surface area contributed by atoms with Crippen molar-refractivity contribution in [2.45, 2.75) is 25.7 Å². The maximum absolute atomic E-state index is 5.94. The quantitative estimate of drug-likeness (QED) is 0.732. The molecule has 12 heavy (non-hydrogen) atoms. The molecular formula is C9H14ClNS. The summed E-state index contributed by atoms with van der Waals surface area (Å²) < 4.78 is 0. The van der Waals surface area contributed by atoms with Gasteiger partial charge in [-0.25, -0.2) is 0 Å². The summed E-state index contributed by atoms with van der Waals surface area (Å²) in [5.74, 6) is 0. The van der Waals surface area contributed by atoms with Crippen molar-refractivity contribution in [3.63, 3.8) is 0 Å². The van der Waals surface area contributed by atoms with Gasteiger partial charge in [0, 0.05) is 4.88 Å². The molecular weight excluding hydrogens is 190 g/mol. The molecule has 0 spiro atoms. The lowest BCUT2D eigenvalue weighted by Crippen LogP contribution is -1.97. The van der Waals surface area contributed by atoms with E-state index >= 15 is 0 Å². The minimum atomic E-state index is 0.804. The van der Waals surface area contributed by atoms with Crippen molar-refractivity contribution >= 4 is 22.9 Å². The molecule has 0 atom stereocenters. The number of aryl methyl sites for hydroxylation is 1. The fourth-order valence-corrected chi connectivity index (χ4v) is 2.29. The summed E-state index contributed by atoms with van der Waals surface area (Å²) in [6, 6.07) is 1.96. The molecule has 0 aliphatic rings. The highest BCUT2D eigenvalue weighted by molar-refractivity contribution is 7.10. The standard InChI is InChI=1S/C9H14ClNS/c10-8-5-7-12-9(8)4-2-1-3-6-11/h5,7H,1-4,6,11H2. The third-order valence-electron chi connectivity index (χ3n) is 1.80. The van der Waals surface area contributed by atoms with E-state index in [0.717, 1.165) is 24.4 Å². The summed E-state index contributed by atoms with van der Waals surface area (Å²) in [5, 5.41) is 2.97. The predicted molar refractivity (Wildman–Crippen MR) is 55.9 cm³/mol. The van der Waals surface area contributed by atoms with Gasteiger partial charge in [0.15, 0.2) is 0 Å². The van der Waals surface area contributed by atoms with Crippen LogP contribution >= 0.6 is 22.9 Å². The zero-order valence-electron chi connectivity index (χ0n) is 7.05. The molecule has 0 saturated heterocycles. The fraction of sp³-hybridized carbons (Fsp3) is 0.556. The van der Waals surface area contributed by atoms with Crippen LogP contribution in [0.25, 0.3) is 0 Å². The van der Waals surface area contributed by atoms with E-state index in [4.69, 9.17) is 17.3 Å². The SMILES string of the molecule is NCCCCCc1sccc1Cl. The lowest BCUT2D eigenvalue weighted by molar-refractivity contribution is 0.690. The Morgan fingerprint density at radius 3 is 2.75 bits per heavy atom. The van der Waals surface area contributed by atoms with E-state index in [2.05, 4.69) is 0 Å². The second-order valence-corrected chi connectivity index (χ2v) is 4.20. The smallest absolute Gasteiger partial charge is 0.0544 e. The van der Waals surface area contributed by atoms with Crippen molar-refractivity contribution in [1.82, 2.24) is 0 Å². The molecule has 0 aromatic carbocycles. The van der Waals surface area contributed by atoms with Gasteiger partial charge in [-0.15, -0.1) is 11.3 Å². The largest absolute Gasteiger partial charge is 0.330 e. The Morgan fingerprint density at radius 1 is 1.33 bits per heavy atom. The lowest BCUT2D eigenvalue weighted by Gasteiger charge is -1.97. The molecule has 1 aromatic rings. The zero-order valence-corrected chi connectivity index (χ0v) is 8.63. The Morgan fingerprint density at radius 2 is 2.17 bits per heavy atom. The van der Waals surface area contributed by atoms with Crippen molar-refractivity contribution < 1.29 is 0 Å². The molecule has 1 aromatic heterocycles. The molecule has 0 aliphatic heterocycles. The minimum Gasteiger partial charge on any atom is -0.330 e. The van der Waals surface area contributed by atoms with Gasteiger partial charge in [0.05, 0.1) is 5.02 Å². The molecule has 0 radical (unpaired) electrons. The van der Waals surface area contributed by atoms with Gasteiger partial charge in [0.2, 0.25) is 0 Å². The molecule has 2 N–H and O–H groups in total. The Kier molecular flexibility index (Phi) is 4.66. The van der Waals surface area contributed by atoms with E-state index in [1.165, 1.54) is 17.7 Å². The molecule has 0 bridgehead atoms. The summed E-state index contributed by atoms with van der Waals surface area (Å²) in [7, 11) is 0. The van der Waals surface area contributed by atoms with Gasteiger partial charge >= 0.3 is 0 Å². The highest BCUT2D eigenvalue weighted by Gasteiger charge is 2.00. The molecule has 0 aliphatic carbocycles. The summed E-state index contributed by atoms with van der Waals surface area (Å²) in [4.78, 5) is 1.31. The molecule has 0 unspecified atom stereocenters. The van der Waals surface area contributed by atoms with E-state index in [-0.39, 0.29) is 0 Å². The Hall–Kier alpha value is -0.0500. The van der Waals surface area contributed by atoms with Crippen molar-refractivity contribution in [3.05, 3.63) is 21.3 Å². The first-order valence-electron chi connectivity index (χ1n) is 4.26. The maximum Gasteiger partial charge on any atom is 0.0544 e. The predicted octanol–water partition coefficient (Wildman–Crippen LogP) is 3.07. The molecule has 1 heterocycles. The van der Waals surface area contributed by atoms with E-state index in [9.17, 15) is 0 Å². The maximum atomic E-state index is 5.94. The Labute approximate surface area is 82.5 Å². The zero-order chi connectivity index (χ0) is 8.81. The number of halogens is 1. The van der Waals surface area contributed by atoms with Crippen LogP contribution in [0.1, 0.15) is 24.1 Å². The van der Waals surface area contributed by atoms with Gasteiger partial charge in [-0.3, -0.25) is 0 Å². The second kappa shape index (κ2) is 5.57. The van der Waals surface area contributed by atoms with E-state index in [1.807, 2.05) is 11.4 Å². The van der Waals surface area contributed by atoms with Crippen LogP contribution in [0, 0.1) is 0 Å². The van der Waals surface area contributed by atoms with E-state index in [1.54, 1.807) is 11.3 Å². The van der Waals surface area contributed by atoms with Crippen LogP contribution in [0.2, 0.25) is 5.02 Å². The molecule has 68 valence electrons. The first kappa shape index (κ1) is 10.0. The highest BCUT2D eigenvalue weighted by Crippen LogP contribution is 2.23. The number of hydrogen-bond donors (Lipinski definition) is 1. The number of thiophene rings is 1. The van der Waals surface area contributed by atoms with Gasteiger partial charge in [-0.05, 0) is 37.3 Å². The van der Waals surface area contributed by atoms with Crippen LogP contribution in [-0.4, -0.2) is 6.54 Å². The third kappa shape index (κ3) is 3.13. The Bertz CT molecular complexity index is 222. The minimum absolute atomic E-state index is 0.804. The monoisotopic (exact) mass is 203 g/mol. The molecule has 0 amide bonds. The Balaban J connectivity index is 2.20. The van der Waals surface area contributed by atoms with Gasteiger partial charge in [-0.1, -0.05) is 18.0 Å². The molecule has 1 nitrogen and oxygen atoms in total. The first-order valence-corrected chi connectivity index (χ1v) is 5.52. The van der Waals surface area contributed by atoms with Crippen LogP contribution in [-0.2, 0) is 6.42 Å². The average Bonchev–Trinajstić information content (AvgIpc) is 2.46. The van der Waals surface area contributed by atoms with Crippen molar-refractivity contribution in [2.75, 3.05) is 6.54 Å². The normalized spacial score (nSPS) is 10.5. The summed E-state index contributed by atoms with van der Waals surface area (Å²) in [5.41, 5.74) is 5.39. The first-order chi connectivity index (χ1) is 5.84. The van der Waals surface area contributed by atoms with Crippen LogP contribution < -0.4 is 5.73 Å². The van der Waals surface area contributed by atoms with Crippen LogP contribution in [0.4, 0.5) is 0 Å². The molecule has 0 fully saturated rings. The van der Waals surface area contributed by atoms with Gasteiger partial charge in [0.25, 0.3) is 0 Å². The third-order valence-corrected chi connectivity index (χ3v) is 3.25. The van der Waals surface area contributed by atoms with Gasteiger partial charge < -0.3 is 5.73 Å². The van der Waals surface area contributed by atoms with Gasteiger partial charge in [0.1, 0.15) is 0 Å². The highest BCUT2D eigenvalue weighted by atomic mass is 35.5. The fourth-order valence-electron chi connectivity index (χ4n) is 1.11. The van der Waals surface area contributed by atoms with Crippen LogP contribution in [0.15, 0.2) is 11.4 Å². The number of rotatable bonds is 5. The molecule has 0 saturated carbocycles. The summed E-state index contributed by atoms with van der Waals surface area (Å²) in [6.45, 7) is 0.804. The number of unbranched alkanes of at least 4 members (excludes halogenated alkanes) is 2. The van der Waals surface area contributed by atoms with Crippen molar-refractivity contribution in [1.29, 1.82) is 0 Å². The van der Waals surface area contributed by atoms with Crippen molar-refractivity contribution in [3.8, 4) is 0 Å². The number of nitrogens with two attached hydrogens (primary N) is 1. The van der Waals surface area contributed by atoms with E-state index in [0.29, 0.717) is 0 Å². The van der Waals surface area contributed by atoms with Crippen LogP contribution in [0.3, 0.4) is 0 Å². The van der Waals surface area contributed by atoms with Crippen LogP contribution in [0.5, 0.6) is 0 Å². The second-order valence-electron chi connectivity index (χ2n) is 2.79. The molecule has 1 rings (SSSR count). The average molecular weight is 204 g/mol. The van der Waals surface area contributed by atoms with E-state index < -0.39 is 0 Å². The number of hydrogen-bond acceptors (Lipinski definition) is 2.